The van der Waals surface area contributed by atoms with E-state index in [0.717, 1.165) is 3.79 Å². The molecule has 2 rings (SSSR count). The smallest absolute Gasteiger partial charge is 0.257 e. The number of phenols is 1. The standard InChI is InChI=1S/C10H8BrN3O2S/c11-8-4-13-10(17-8)14-9(16)5-1-2-6(12)7(15)3-5/h1-4,15H,12H2,(H,13,14,16). The molecule has 0 spiro atoms. The SMILES string of the molecule is Nc1ccc(C(=O)Nc2ncc(Br)s2)cc1O. The fraction of sp³-hybridized carbons (Fsp3) is 0. The van der Waals surface area contributed by atoms with Crippen molar-refractivity contribution in [3.05, 3.63) is 33.7 Å². The van der Waals surface area contributed by atoms with Crippen LogP contribution in [0.2, 0.25) is 0 Å². The number of benzene rings is 1. The molecule has 4 N–H and O–H groups in total. The molecule has 7 heteroatoms. The van der Waals surface area contributed by atoms with Crippen molar-refractivity contribution < 1.29 is 9.90 Å². The van der Waals surface area contributed by atoms with Gasteiger partial charge in [-0.2, -0.15) is 0 Å². The second kappa shape index (κ2) is 4.72. The largest absolute Gasteiger partial charge is 0.506 e. The molecule has 0 bridgehead atoms. The number of halogens is 1. The molecular formula is C10H8BrN3O2S. The lowest BCUT2D eigenvalue weighted by Crippen LogP contribution is -2.11. The predicted molar refractivity (Wildman–Crippen MR) is 70.3 cm³/mol. The van der Waals surface area contributed by atoms with E-state index in [9.17, 15) is 9.90 Å². The molecule has 0 atom stereocenters. The summed E-state index contributed by atoms with van der Waals surface area (Å²) < 4.78 is 0.827. The molecule has 0 radical (unpaired) electrons. The first kappa shape index (κ1) is 11.9. The fourth-order valence-electron chi connectivity index (χ4n) is 1.17. The third-order valence-electron chi connectivity index (χ3n) is 1.99. The molecule has 0 fully saturated rings. The molecule has 0 aliphatic heterocycles. The zero-order valence-corrected chi connectivity index (χ0v) is 10.9. The van der Waals surface area contributed by atoms with Crippen LogP contribution in [-0.4, -0.2) is 16.0 Å². The van der Waals surface area contributed by atoms with Gasteiger partial charge in [0.15, 0.2) is 5.13 Å². The Bertz CT molecular complexity index is 570. The van der Waals surface area contributed by atoms with E-state index in [1.165, 1.54) is 29.5 Å². The minimum absolute atomic E-state index is 0.113. The Morgan fingerprint density at radius 2 is 2.29 bits per heavy atom. The van der Waals surface area contributed by atoms with Gasteiger partial charge in [-0.25, -0.2) is 4.98 Å². The van der Waals surface area contributed by atoms with Gasteiger partial charge < -0.3 is 10.8 Å². The molecule has 2 aromatic rings. The average molecular weight is 314 g/mol. The molecule has 1 aromatic heterocycles. The number of thiazole rings is 1. The molecular weight excluding hydrogens is 306 g/mol. The summed E-state index contributed by atoms with van der Waals surface area (Å²) in [5, 5.41) is 12.5. The van der Waals surface area contributed by atoms with Crippen LogP contribution in [-0.2, 0) is 0 Å². The van der Waals surface area contributed by atoms with Crippen molar-refractivity contribution in [1.82, 2.24) is 4.98 Å². The Balaban J connectivity index is 2.17. The van der Waals surface area contributed by atoms with Crippen molar-refractivity contribution in [1.29, 1.82) is 0 Å². The number of aromatic hydroxyl groups is 1. The molecule has 0 saturated heterocycles. The van der Waals surface area contributed by atoms with Crippen molar-refractivity contribution >= 4 is 44.0 Å². The second-order valence-corrected chi connectivity index (χ2v) is 5.61. The van der Waals surface area contributed by atoms with Crippen molar-refractivity contribution in [2.75, 3.05) is 11.1 Å². The van der Waals surface area contributed by atoms with Gasteiger partial charge in [0, 0.05) is 5.56 Å². The zero-order chi connectivity index (χ0) is 12.4. The van der Waals surface area contributed by atoms with Gasteiger partial charge in [-0.15, -0.1) is 0 Å². The van der Waals surface area contributed by atoms with E-state index in [1.54, 1.807) is 6.20 Å². The molecule has 1 aromatic carbocycles. The highest BCUT2D eigenvalue weighted by atomic mass is 79.9. The molecule has 5 nitrogen and oxygen atoms in total. The summed E-state index contributed by atoms with van der Waals surface area (Å²) in [6.07, 6.45) is 1.60. The lowest BCUT2D eigenvalue weighted by atomic mass is 10.2. The summed E-state index contributed by atoms with van der Waals surface area (Å²) in [7, 11) is 0. The molecule has 0 saturated carbocycles. The van der Waals surface area contributed by atoms with Gasteiger partial charge in [-0.1, -0.05) is 11.3 Å². The lowest BCUT2D eigenvalue weighted by Gasteiger charge is -2.03. The first-order valence-corrected chi connectivity index (χ1v) is 6.18. The predicted octanol–water partition coefficient (Wildman–Crippen LogP) is 2.45. The maximum Gasteiger partial charge on any atom is 0.257 e. The van der Waals surface area contributed by atoms with Crippen LogP contribution < -0.4 is 11.1 Å². The number of nitrogens with one attached hydrogen (secondary N) is 1. The summed E-state index contributed by atoms with van der Waals surface area (Å²) in [5.41, 5.74) is 6.00. The quantitative estimate of drug-likeness (QED) is 0.587. The number of hydrogen-bond acceptors (Lipinski definition) is 5. The van der Waals surface area contributed by atoms with E-state index >= 15 is 0 Å². The summed E-state index contributed by atoms with van der Waals surface area (Å²) in [4.78, 5) is 15.7. The van der Waals surface area contributed by atoms with Crippen LogP contribution in [0.15, 0.2) is 28.2 Å². The van der Waals surface area contributed by atoms with Gasteiger partial charge in [0.05, 0.1) is 15.7 Å². The number of aromatic nitrogens is 1. The van der Waals surface area contributed by atoms with Gasteiger partial charge in [0.25, 0.3) is 5.91 Å². The van der Waals surface area contributed by atoms with Crippen LogP contribution in [0.5, 0.6) is 5.75 Å². The van der Waals surface area contributed by atoms with Gasteiger partial charge in [0.2, 0.25) is 0 Å². The first-order chi connectivity index (χ1) is 8.06. The Labute approximate surface area is 109 Å². The number of nitrogen functional groups attached to an aromatic ring is 1. The number of rotatable bonds is 2. The van der Waals surface area contributed by atoms with Gasteiger partial charge in [0.1, 0.15) is 5.75 Å². The maximum absolute atomic E-state index is 11.8. The molecule has 17 heavy (non-hydrogen) atoms. The van der Waals surface area contributed by atoms with Crippen LogP contribution in [0.1, 0.15) is 10.4 Å². The number of hydrogen-bond donors (Lipinski definition) is 3. The number of carbonyl (C=O) groups is 1. The Hall–Kier alpha value is -1.60. The number of nitrogens with two attached hydrogens (primary N) is 1. The molecule has 1 amide bonds. The second-order valence-electron chi connectivity index (χ2n) is 3.20. The van der Waals surface area contributed by atoms with E-state index in [0.29, 0.717) is 10.7 Å². The molecule has 0 aliphatic rings. The number of carbonyl (C=O) groups excluding carboxylic acids is 1. The lowest BCUT2D eigenvalue weighted by molar-refractivity contribution is 0.102. The number of phenolic OH excluding ortho intramolecular Hbond substituents is 1. The number of amides is 1. The summed E-state index contributed by atoms with van der Waals surface area (Å²) in [5.74, 6) is -0.458. The minimum Gasteiger partial charge on any atom is -0.506 e. The molecule has 0 aliphatic carbocycles. The third-order valence-corrected chi connectivity index (χ3v) is 3.38. The van der Waals surface area contributed by atoms with Gasteiger partial charge in [-0.05, 0) is 34.1 Å². The van der Waals surface area contributed by atoms with E-state index in [4.69, 9.17) is 5.73 Å². The van der Waals surface area contributed by atoms with Crippen molar-refractivity contribution in [2.45, 2.75) is 0 Å². The fourth-order valence-corrected chi connectivity index (χ4v) is 2.27. The number of anilines is 2. The van der Waals surface area contributed by atoms with Crippen LogP contribution in [0, 0.1) is 0 Å². The Kier molecular flexibility index (Phi) is 3.30. The molecule has 1 heterocycles. The van der Waals surface area contributed by atoms with E-state index in [-0.39, 0.29) is 17.3 Å². The topological polar surface area (TPSA) is 88.2 Å². The number of nitrogens with zero attached hydrogens (tertiary/aromatic N) is 1. The Morgan fingerprint density at radius 3 is 2.88 bits per heavy atom. The monoisotopic (exact) mass is 313 g/mol. The highest BCUT2D eigenvalue weighted by molar-refractivity contribution is 9.11. The molecule has 0 unspecified atom stereocenters. The van der Waals surface area contributed by atoms with Crippen LogP contribution in [0.4, 0.5) is 10.8 Å². The van der Waals surface area contributed by atoms with Crippen molar-refractivity contribution in [3.8, 4) is 5.75 Å². The minimum atomic E-state index is -0.345. The normalized spacial score (nSPS) is 10.2. The molecule has 88 valence electrons. The first-order valence-electron chi connectivity index (χ1n) is 4.57. The maximum atomic E-state index is 11.8. The van der Waals surface area contributed by atoms with E-state index < -0.39 is 0 Å². The third kappa shape index (κ3) is 2.75. The van der Waals surface area contributed by atoms with Gasteiger partial charge in [-0.3, -0.25) is 10.1 Å². The zero-order valence-electron chi connectivity index (χ0n) is 8.48. The van der Waals surface area contributed by atoms with Crippen LogP contribution in [0.25, 0.3) is 0 Å². The van der Waals surface area contributed by atoms with E-state index in [2.05, 4.69) is 26.2 Å². The van der Waals surface area contributed by atoms with Crippen LogP contribution >= 0.6 is 27.3 Å². The van der Waals surface area contributed by atoms with Crippen LogP contribution in [0.3, 0.4) is 0 Å². The van der Waals surface area contributed by atoms with Gasteiger partial charge >= 0.3 is 0 Å². The summed E-state index contributed by atoms with van der Waals surface area (Å²) >= 11 is 4.55. The van der Waals surface area contributed by atoms with E-state index in [1.807, 2.05) is 0 Å². The van der Waals surface area contributed by atoms with Crippen molar-refractivity contribution in [3.63, 3.8) is 0 Å². The summed E-state index contributed by atoms with van der Waals surface area (Å²) in [6.45, 7) is 0. The summed E-state index contributed by atoms with van der Waals surface area (Å²) in [6, 6.07) is 4.32. The average Bonchev–Trinajstić information content (AvgIpc) is 2.68. The highest BCUT2D eigenvalue weighted by Gasteiger charge is 2.10. The Morgan fingerprint density at radius 1 is 1.53 bits per heavy atom. The van der Waals surface area contributed by atoms with Crippen molar-refractivity contribution in [2.24, 2.45) is 0 Å². The highest BCUT2D eigenvalue weighted by Crippen LogP contribution is 2.25.